The summed E-state index contributed by atoms with van der Waals surface area (Å²) in [6.45, 7) is 14.0. The Bertz CT molecular complexity index is 945. The number of methoxy groups -OCH3 is 2. The van der Waals surface area contributed by atoms with Gasteiger partial charge in [0.05, 0.1) is 18.4 Å². The highest BCUT2D eigenvalue weighted by Gasteiger charge is 2.19. The molecule has 180 valence electrons. The number of carbonyl (C=O) groups is 4. The minimum atomic E-state index is -0.805. The minimum absolute atomic E-state index is 0.0417. The van der Waals surface area contributed by atoms with E-state index < -0.39 is 17.8 Å². The average molecular weight is 479 g/mol. The van der Waals surface area contributed by atoms with Gasteiger partial charge in [-0.15, -0.1) is 11.3 Å². The third kappa shape index (κ3) is 9.38. The molecular formula is C22H30N4O6S. The molecule has 0 aromatic carbocycles. The van der Waals surface area contributed by atoms with E-state index in [0.717, 1.165) is 19.1 Å². The maximum Gasteiger partial charge on any atom is 0.353 e. The SMILES string of the molecule is C=C(NC(=O)c1csc(C2=CCN(C=O)CC2)n1)C(=O)NC(=C)C(=O)OC.COC(C)(C)C. The molecule has 0 saturated heterocycles. The van der Waals surface area contributed by atoms with Crippen LogP contribution in [-0.4, -0.2) is 67.0 Å². The van der Waals surface area contributed by atoms with Crippen LogP contribution in [0.5, 0.6) is 0 Å². The number of hydrogen-bond donors (Lipinski definition) is 2. The molecule has 0 unspecified atom stereocenters. The number of nitrogens with one attached hydrogen (secondary N) is 2. The van der Waals surface area contributed by atoms with Crippen molar-refractivity contribution in [3.63, 3.8) is 0 Å². The van der Waals surface area contributed by atoms with E-state index in [1.165, 1.54) is 11.3 Å². The van der Waals surface area contributed by atoms with Gasteiger partial charge in [0, 0.05) is 25.6 Å². The summed E-state index contributed by atoms with van der Waals surface area (Å²) in [6, 6.07) is 0. The van der Waals surface area contributed by atoms with Crippen LogP contribution in [0.4, 0.5) is 0 Å². The fraction of sp³-hybridized carbons (Fsp3) is 0.409. The van der Waals surface area contributed by atoms with Gasteiger partial charge >= 0.3 is 5.97 Å². The highest BCUT2D eigenvalue weighted by molar-refractivity contribution is 7.11. The Kier molecular flexibility index (Phi) is 10.6. The van der Waals surface area contributed by atoms with E-state index in [2.05, 4.69) is 33.5 Å². The number of ether oxygens (including phenoxy) is 2. The number of hydrogen-bond acceptors (Lipinski definition) is 8. The van der Waals surface area contributed by atoms with E-state index in [9.17, 15) is 19.2 Å². The summed E-state index contributed by atoms with van der Waals surface area (Å²) in [4.78, 5) is 52.0. The van der Waals surface area contributed by atoms with Gasteiger partial charge < -0.3 is 25.0 Å². The summed E-state index contributed by atoms with van der Waals surface area (Å²) >= 11 is 1.29. The fourth-order valence-corrected chi connectivity index (χ4v) is 3.02. The van der Waals surface area contributed by atoms with Crippen LogP contribution in [0.25, 0.3) is 5.57 Å². The maximum atomic E-state index is 12.2. The van der Waals surface area contributed by atoms with Gasteiger partial charge in [-0.2, -0.15) is 0 Å². The van der Waals surface area contributed by atoms with Crippen molar-refractivity contribution < 1.29 is 28.7 Å². The predicted octanol–water partition coefficient (Wildman–Crippen LogP) is 1.87. The van der Waals surface area contributed by atoms with Crippen LogP contribution in [0.3, 0.4) is 0 Å². The Morgan fingerprint density at radius 2 is 1.82 bits per heavy atom. The van der Waals surface area contributed by atoms with Crippen molar-refractivity contribution >= 4 is 41.1 Å². The van der Waals surface area contributed by atoms with Gasteiger partial charge in [-0.1, -0.05) is 19.2 Å². The summed E-state index contributed by atoms with van der Waals surface area (Å²) < 4.78 is 9.35. The molecular weight excluding hydrogens is 448 g/mol. The zero-order valence-corrected chi connectivity index (χ0v) is 20.3. The fourth-order valence-electron chi connectivity index (χ4n) is 2.14. The number of rotatable bonds is 7. The molecule has 33 heavy (non-hydrogen) atoms. The van der Waals surface area contributed by atoms with Crippen molar-refractivity contribution in [2.75, 3.05) is 27.3 Å². The van der Waals surface area contributed by atoms with Crippen LogP contribution in [0.2, 0.25) is 0 Å². The Labute approximate surface area is 197 Å². The van der Waals surface area contributed by atoms with E-state index in [4.69, 9.17) is 4.74 Å². The first-order valence-corrected chi connectivity index (χ1v) is 10.8. The van der Waals surface area contributed by atoms with Gasteiger partial charge in [0.1, 0.15) is 16.4 Å². The predicted molar refractivity (Wildman–Crippen MR) is 125 cm³/mol. The lowest BCUT2D eigenvalue weighted by molar-refractivity contribution is -0.137. The molecule has 2 rings (SSSR count). The quantitative estimate of drug-likeness (QED) is 0.348. The van der Waals surface area contributed by atoms with Gasteiger partial charge in [-0.3, -0.25) is 14.4 Å². The largest absolute Gasteiger partial charge is 0.464 e. The first kappa shape index (κ1) is 27.7. The third-order valence-electron chi connectivity index (χ3n) is 4.25. The van der Waals surface area contributed by atoms with Crippen LogP contribution >= 0.6 is 11.3 Å². The van der Waals surface area contributed by atoms with Crippen molar-refractivity contribution in [1.29, 1.82) is 0 Å². The van der Waals surface area contributed by atoms with Gasteiger partial charge in [0.2, 0.25) is 6.41 Å². The van der Waals surface area contributed by atoms with Crippen LogP contribution in [0, 0.1) is 0 Å². The second kappa shape index (κ2) is 12.7. The Morgan fingerprint density at radius 1 is 1.18 bits per heavy atom. The molecule has 0 bridgehead atoms. The van der Waals surface area contributed by atoms with E-state index in [-0.39, 0.29) is 22.7 Å². The van der Waals surface area contributed by atoms with Crippen LogP contribution in [0.1, 0.15) is 42.7 Å². The summed E-state index contributed by atoms with van der Waals surface area (Å²) in [5, 5.41) is 6.74. The number of esters is 1. The van der Waals surface area contributed by atoms with E-state index >= 15 is 0 Å². The van der Waals surface area contributed by atoms with Crippen LogP contribution in [0.15, 0.2) is 36.0 Å². The zero-order valence-electron chi connectivity index (χ0n) is 19.5. The molecule has 0 fully saturated rings. The zero-order chi connectivity index (χ0) is 25.2. The van der Waals surface area contributed by atoms with Crippen molar-refractivity contribution in [2.24, 2.45) is 0 Å². The van der Waals surface area contributed by atoms with E-state index in [1.54, 1.807) is 17.4 Å². The molecule has 0 radical (unpaired) electrons. The summed E-state index contributed by atoms with van der Waals surface area (Å²) in [5.74, 6) is -2.20. The molecule has 1 aliphatic heterocycles. The molecule has 1 aromatic heterocycles. The minimum Gasteiger partial charge on any atom is -0.464 e. The molecule has 3 amide bonds. The molecule has 2 heterocycles. The van der Waals surface area contributed by atoms with Crippen LogP contribution in [-0.2, 0) is 23.9 Å². The van der Waals surface area contributed by atoms with Crippen molar-refractivity contribution in [1.82, 2.24) is 20.5 Å². The second-order valence-electron chi connectivity index (χ2n) is 7.79. The smallest absolute Gasteiger partial charge is 0.353 e. The summed E-state index contributed by atoms with van der Waals surface area (Å²) in [6.07, 6.45) is 3.33. The molecule has 0 spiro atoms. The normalized spacial score (nSPS) is 13.0. The van der Waals surface area contributed by atoms with Crippen molar-refractivity contribution in [3.8, 4) is 0 Å². The third-order valence-corrected chi connectivity index (χ3v) is 5.17. The number of thiazole rings is 1. The van der Waals surface area contributed by atoms with Gasteiger partial charge in [0.25, 0.3) is 11.8 Å². The molecule has 1 aromatic rings. The molecule has 1 aliphatic rings. The standard InChI is InChI=1S/C17H18N4O5S.C5H12O/c1-10(14(23)19-11(2)17(25)26-3)18-15(24)13-8-27-16(20-13)12-4-6-21(9-22)7-5-12;1-5(2,3)6-4/h4,8-9H,1-2,5-7H2,3H3,(H,18,24)(H,19,23);1-4H3. The van der Waals surface area contributed by atoms with Gasteiger partial charge in [-0.05, 0) is 32.8 Å². The highest BCUT2D eigenvalue weighted by Crippen LogP contribution is 2.25. The first-order chi connectivity index (χ1) is 15.4. The number of amides is 3. The molecule has 0 saturated carbocycles. The maximum absolute atomic E-state index is 12.2. The number of aromatic nitrogens is 1. The highest BCUT2D eigenvalue weighted by atomic mass is 32.1. The van der Waals surface area contributed by atoms with E-state index in [0.29, 0.717) is 24.5 Å². The van der Waals surface area contributed by atoms with Crippen LogP contribution < -0.4 is 10.6 Å². The molecule has 10 nitrogen and oxygen atoms in total. The van der Waals surface area contributed by atoms with Crippen molar-refractivity contribution in [3.05, 3.63) is 46.7 Å². The second-order valence-corrected chi connectivity index (χ2v) is 8.65. The lowest BCUT2D eigenvalue weighted by atomic mass is 10.1. The molecule has 0 aliphatic carbocycles. The topological polar surface area (TPSA) is 127 Å². The summed E-state index contributed by atoms with van der Waals surface area (Å²) in [7, 11) is 2.86. The number of carbonyl (C=O) groups excluding carboxylic acids is 4. The van der Waals surface area contributed by atoms with Crippen molar-refractivity contribution in [2.45, 2.75) is 32.8 Å². The average Bonchev–Trinajstić information content (AvgIpc) is 3.28. The summed E-state index contributed by atoms with van der Waals surface area (Å²) in [5.41, 5.74) is 0.595. The lowest BCUT2D eigenvalue weighted by Crippen LogP contribution is -2.35. The Hall–Kier alpha value is -3.31. The van der Waals surface area contributed by atoms with Gasteiger partial charge in [0.15, 0.2) is 0 Å². The number of nitrogens with zero attached hydrogens (tertiary/aromatic N) is 2. The lowest BCUT2D eigenvalue weighted by Gasteiger charge is -2.21. The van der Waals surface area contributed by atoms with Gasteiger partial charge in [-0.25, -0.2) is 9.78 Å². The first-order valence-electron chi connectivity index (χ1n) is 9.90. The molecule has 11 heteroatoms. The Balaban J connectivity index is 0.000000801. The molecule has 2 N–H and O–H groups in total. The molecule has 0 atom stereocenters. The monoisotopic (exact) mass is 478 g/mol. The Morgan fingerprint density at radius 3 is 2.30 bits per heavy atom. The van der Waals surface area contributed by atoms with E-state index in [1.807, 2.05) is 26.8 Å².